The van der Waals surface area contributed by atoms with Crippen molar-refractivity contribution in [3.8, 4) is 0 Å². The average Bonchev–Trinajstić information content (AvgIpc) is 2.62. The molecule has 2 aromatic rings. The second-order valence-electron chi connectivity index (χ2n) is 7.55. The molecule has 3 rings (SSSR count). The number of carbonyl (C=O) groups excluding carboxylic acids is 1. The third-order valence-corrected chi connectivity index (χ3v) is 5.76. The van der Waals surface area contributed by atoms with E-state index in [9.17, 15) is 4.79 Å². The molecule has 0 bridgehead atoms. The summed E-state index contributed by atoms with van der Waals surface area (Å²) in [6, 6.07) is 16.2. The van der Waals surface area contributed by atoms with Crippen molar-refractivity contribution >= 4 is 17.5 Å². The summed E-state index contributed by atoms with van der Waals surface area (Å²) >= 11 is 5.98. The molecule has 0 aliphatic carbocycles. The van der Waals surface area contributed by atoms with E-state index in [2.05, 4.69) is 31.2 Å². The summed E-state index contributed by atoms with van der Waals surface area (Å²) < 4.78 is 0. The van der Waals surface area contributed by atoms with Crippen LogP contribution in [0.5, 0.6) is 0 Å². The first-order valence-corrected chi connectivity index (χ1v) is 9.38. The number of halogens is 1. The number of piperidine rings is 1. The second kappa shape index (κ2) is 7.21. The van der Waals surface area contributed by atoms with Crippen LogP contribution >= 0.6 is 11.6 Å². The molecule has 132 valence electrons. The van der Waals surface area contributed by atoms with Crippen LogP contribution in [0.25, 0.3) is 0 Å². The fourth-order valence-corrected chi connectivity index (χ4v) is 3.95. The van der Waals surface area contributed by atoms with Crippen LogP contribution < -0.4 is 0 Å². The van der Waals surface area contributed by atoms with Gasteiger partial charge >= 0.3 is 0 Å². The molecule has 2 nitrogen and oxygen atoms in total. The number of benzene rings is 2. The zero-order chi connectivity index (χ0) is 18.0. The summed E-state index contributed by atoms with van der Waals surface area (Å²) in [7, 11) is 0. The highest BCUT2D eigenvalue weighted by atomic mass is 35.5. The third kappa shape index (κ3) is 3.74. The molecule has 0 unspecified atom stereocenters. The molecule has 0 N–H and O–H groups in total. The second-order valence-corrected chi connectivity index (χ2v) is 7.99. The maximum atomic E-state index is 13.1. The quantitative estimate of drug-likeness (QED) is 0.728. The Morgan fingerprint density at radius 3 is 2.24 bits per heavy atom. The predicted octanol–water partition coefficient (Wildman–Crippen LogP) is 5.33. The van der Waals surface area contributed by atoms with E-state index in [1.807, 2.05) is 43.0 Å². The van der Waals surface area contributed by atoms with Crippen molar-refractivity contribution < 1.29 is 4.79 Å². The van der Waals surface area contributed by atoms with Crippen LogP contribution in [-0.4, -0.2) is 23.9 Å². The van der Waals surface area contributed by atoms with Gasteiger partial charge in [-0.05, 0) is 68.4 Å². The van der Waals surface area contributed by atoms with Crippen molar-refractivity contribution in [1.29, 1.82) is 0 Å². The lowest BCUT2D eigenvalue weighted by Crippen LogP contribution is -2.46. The van der Waals surface area contributed by atoms with Crippen LogP contribution in [0.2, 0.25) is 5.02 Å². The van der Waals surface area contributed by atoms with Gasteiger partial charge in [0.2, 0.25) is 5.91 Å². The van der Waals surface area contributed by atoms with Gasteiger partial charge in [0, 0.05) is 18.1 Å². The van der Waals surface area contributed by atoms with Crippen LogP contribution in [0.15, 0.2) is 48.5 Å². The van der Waals surface area contributed by atoms with E-state index in [-0.39, 0.29) is 5.91 Å². The maximum absolute atomic E-state index is 13.1. The Kier molecular flexibility index (Phi) is 5.19. The zero-order valence-corrected chi connectivity index (χ0v) is 16.0. The van der Waals surface area contributed by atoms with Gasteiger partial charge in [-0.15, -0.1) is 0 Å². The number of rotatable bonds is 3. The first kappa shape index (κ1) is 18.0. The molecule has 1 fully saturated rings. The summed E-state index contributed by atoms with van der Waals surface area (Å²) in [5.74, 6) is 0.766. The van der Waals surface area contributed by atoms with E-state index in [1.165, 1.54) is 11.1 Å². The van der Waals surface area contributed by atoms with Crippen molar-refractivity contribution in [3.63, 3.8) is 0 Å². The summed E-state index contributed by atoms with van der Waals surface area (Å²) in [6.07, 6.45) is 2.07. The largest absolute Gasteiger partial charge is 0.342 e. The molecule has 1 aliphatic heterocycles. The third-order valence-electron chi connectivity index (χ3n) is 5.51. The van der Waals surface area contributed by atoms with Crippen LogP contribution in [0.4, 0.5) is 0 Å². The first-order valence-electron chi connectivity index (χ1n) is 9.00. The number of likely N-dealkylation sites (tertiary alicyclic amines) is 1. The Bertz CT molecular complexity index is 743. The molecule has 2 aromatic carbocycles. The summed E-state index contributed by atoms with van der Waals surface area (Å²) in [5, 5.41) is 0.700. The number of hydrogen-bond acceptors (Lipinski definition) is 1. The van der Waals surface area contributed by atoms with Gasteiger partial charge in [0.25, 0.3) is 0 Å². The molecule has 0 aromatic heterocycles. The van der Waals surface area contributed by atoms with Gasteiger partial charge in [0.1, 0.15) is 0 Å². The Hall–Kier alpha value is -1.80. The van der Waals surface area contributed by atoms with E-state index in [0.717, 1.165) is 31.5 Å². The number of nitrogens with zero attached hydrogens (tertiary/aromatic N) is 1. The van der Waals surface area contributed by atoms with Gasteiger partial charge in [-0.2, -0.15) is 0 Å². The minimum atomic E-state index is -0.528. The minimum Gasteiger partial charge on any atom is -0.342 e. The van der Waals surface area contributed by atoms with E-state index < -0.39 is 5.41 Å². The molecular formula is C22H26ClNO. The number of carbonyl (C=O) groups is 1. The molecule has 1 saturated heterocycles. The maximum Gasteiger partial charge on any atom is 0.232 e. The van der Waals surface area contributed by atoms with Crippen LogP contribution in [0, 0.1) is 6.92 Å². The van der Waals surface area contributed by atoms with Crippen LogP contribution in [-0.2, 0) is 10.2 Å². The molecule has 0 radical (unpaired) electrons. The van der Waals surface area contributed by atoms with E-state index in [1.54, 1.807) is 0 Å². The average molecular weight is 356 g/mol. The SMILES string of the molecule is Cc1ccccc1C1CCN(C(=O)C(C)(C)c2ccc(Cl)cc2)CC1. The highest BCUT2D eigenvalue weighted by Gasteiger charge is 2.35. The first-order chi connectivity index (χ1) is 11.9. The lowest BCUT2D eigenvalue weighted by atomic mass is 9.81. The molecule has 0 spiro atoms. The predicted molar refractivity (Wildman–Crippen MR) is 104 cm³/mol. The Morgan fingerprint density at radius 1 is 1.04 bits per heavy atom. The van der Waals surface area contributed by atoms with Crippen LogP contribution in [0.3, 0.4) is 0 Å². The van der Waals surface area contributed by atoms with Crippen LogP contribution in [0.1, 0.15) is 49.3 Å². The monoisotopic (exact) mass is 355 g/mol. The minimum absolute atomic E-state index is 0.207. The lowest BCUT2D eigenvalue weighted by molar-refractivity contribution is -0.137. The van der Waals surface area contributed by atoms with Crippen molar-refractivity contribution in [1.82, 2.24) is 4.90 Å². The van der Waals surface area contributed by atoms with Gasteiger partial charge in [-0.3, -0.25) is 4.79 Å². The lowest BCUT2D eigenvalue weighted by Gasteiger charge is -2.37. The molecule has 25 heavy (non-hydrogen) atoms. The van der Waals surface area contributed by atoms with E-state index in [4.69, 9.17) is 11.6 Å². The number of aryl methyl sites for hydroxylation is 1. The van der Waals surface area contributed by atoms with Gasteiger partial charge in [0.15, 0.2) is 0 Å². The fraction of sp³-hybridized carbons (Fsp3) is 0.409. The van der Waals surface area contributed by atoms with Crippen molar-refractivity contribution in [2.24, 2.45) is 0 Å². The fourth-order valence-electron chi connectivity index (χ4n) is 3.82. The van der Waals surface area contributed by atoms with Gasteiger partial charge < -0.3 is 4.90 Å². The number of amides is 1. The smallest absolute Gasteiger partial charge is 0.232 e. The molecule has 1 heterocycles. The summed E-state index contributed by atoms with van der Waals surface area (Å²) in [4.78, 5) is 15.1. The topological polar surface area (TPSA) is 20.3 Å². The Morgan fingerprint density at radius 2 is 1.64 bits per heavy atom. The van der Waals surface area contributed by atoms with Gasteiger partial charge in [0.05, 0.1) is 5.41 Å². The molecule has 0 saturated carbocycles. The standard InChI is InChI=1S/C22H26ClNO/c1-16-6-4-5-7-20(16)17-12-14-24(15-13-17)21(25)22(2,3)18-8-10-19(23)11-9-18/h4-11,17H,12-15H2,1-3H3. The number of hydrogen-bond donors (Lipinski definition) is 0. The van der Waals surface area contributed by atoms with Crippen molar-refractivity contribution in [2.45, 2.75) is 44.9 Å². The summed E-state index contributed by atoms with van der Waals surface area (Å²) in [6.45, 7) is 7.85. The van der Waals surface area contributed by atoms with Crippen molar-refractivity contribution in [3.05, 3.63) is 70.2 Å². The van der Waals surface area contributed by atoms with E-state index in [0.29, 0.717) is 10.9 Å². The molecule has 0 atom stereocenters. The normalized spacial score (nSPS) is 16.1. The highest BCUT2D eigenvalue weighted by molar-refractivity contribution is 6.30. The summed E-state index contributed by atoms with van der Waals surface area (Å²) in [5.41, 5.74) is 3.28. The van der Waals surface area contributed by atoms with Gasteiger partial charge in [-0.25, -0.2) is 0 Å². The molecular weight excluding hydrogens is 330 g/mol. The Balaban J connectivity index is 1.69. The van der Waals surface area contributed by atoms with E-state index >= 15 is 0 Å². The van der Waals surface area contributed by atoms with Crippen molar-refractivity contribution in [2.75, 3.05) is 13.1 Å². The Labute approximate surface area is 155 Å². The molecule has 3 heteroatoms. The highest BCUT2D eigenvalue weighted by Crippen LogP contribution is 2.33. The zero-order valence-electron chi connectivity index (χ0n) is 15.3. The van der Waals surface area contributed by atoms with Gasteiger partial charge in [-0.1, -0.05) is 48.0 Å². The molecule has 1 amide bonds. The molecule has 1 aliphatic rings.